The number of para-hydroxylation sites is 1. The number of halogens is 1. The van der Waals surface area contributed by atoms with Gasteiger partial charge in [-0.15, -0.1) is 0 Å². The molecule has 3 heterocycles. The van der Waals surface area contributed by atoms with E-state index >= 15 is 0 Å². The number of nitrogens with zero attached hydrogens (tertiary/aromatic N) is 2. The highest BCUT2D eigenvalue weighted by atomic mass is 79.9. The van der Waals surface area contributed by atoms with E-state index in [1.54, 1.807) is 20.5 Å². The summed E-state index contributed by atoms with van der Waals surface area (Å²) in [6, 6.07) is 15.7. The number of benzene rings is 2. The zero-order valence-corrected chi connectivity index (χ0v) is 17.5. The molecule has 0 saturated carbocycles. The van der Waals surface area contributed by atoms with Crippen LogP contribution < -0.4 is 14.2 Å². The minimum atomic E-state index is -0.404. The molecule has 29 heavy (non-hydrogen) atoms. The van der Waals surface area contributed by atoms with Gasteiger partial charge in [-0.3, -0.25) is 0 Å². The van der Waals surface area contributed by atoms with Crippen molar-refractivity contribution in [2.24, 2.45) is 5.10 Å². The first-order chi connectivity index (χ1) is 14.2. The number of ether oxygens (including phenoxy) is 3. The maximum Gasteiger partial charge on any atom is 0.214 e. The van der Waals surface area contributed by atoms with Crippen LogP contribution in [0.25, 0.3) is 0 Å². The van der Waals surface area contributed by atoms with E-state index in [0.717, 1.165) is 45.0 Å². The molecule has 2 aliphatic heterocycles. The third-order valence-corrected chi connectivity index (χ3v) is 5.89. The van der Waals surface area contributed by atoms with Crippen LogP contribution in [0.15, 0.2) is 68.8 Å². The largest absolute Gasteiger partial charge is 0.496 e. The predicted octanol–water partition coefficient (Wildman–Crippen LogP) is 5.30. The minimum absolute atomic E-state index is 0.0276. The number of fused-ring (bicyclic) bond motifs is 3. The monoisotopic (exact) mass is 454 g/mol. The number of furan rings is 1. The van der Waals surface area contributed by atoms with Gasteiger partial charge in [0, 0.05) is 17.5 Å². The highest BCUT2D eigenvalue weighted by molar-refractivity contribution is 9.10. The fourth-order valence-corrected chi connectivity index (χ4v) is 4.45. The number of hydrogen-bond acceptors (Lipinski definition) is 6. The van der Waals surface area contributed by atoms with Crippen molar-refractivity contribution in [2.75, 3.05) is 14.2 Å². The van der Waals surface area contributed by atoms with Crippen molar-refractivity contribution < 1.29 is 18.6 Å². The first-order valence-corrected chi connectivity index (χ1v) is 10.1. The fourth-order valence-electron chi connectivity index (χ4n) is 3.89. The molecule has 0 fully saturated rings. The van der Waals surface area contributed by atoms with E-state index in [2.05, 4.69) is 22.0 Å². The van der Waals surface area contributed by atoms with Crippen LogP contribution in [0.5, 0.6) is 17.2 Å². The molecule has 0 bridgehead atoms. The lowest BCUT2D eigenvalue weighted by molar-refractivity contribution is -0.0209. The predicted molar refractivity (Wildman–Crippen MR) is 111 cm³/mol. The molecule has 0 amide bonds. The van der Waals surface area contributed by atoms with Gasteiger partial charge in [-0.25, -0.2) is 5.01 Å². The summed E-state index contributed by atoms with van der Waals surface area (Å²) in [6.07, 6.45) is 1.99. The molecule has 0 radical (unpaired) electrons. The Morgan fingerprint density at radius 3 is 2.66 bits per heavy atom. The summed E-state index contributed by atoms with van der Waals surface area (Å²) in [6.45, 7) is 0. The van der Waals surface area contributed by atoms with Crippen LogP contribution in [0.1, 0.15) is 35.6 Å². The van der Waals surface area contributed by atoms with E-state index < -0.39 is 6.23 Å². The second kappa shape index (κ2) is 7.15. The lowest BCUT2D eigenvalue weighted by Gasteiger charge is -2.38. The van der Waals surface area contributed by atoms with Gasteiger partial charge in [0.25, 0.3) is 0 Å². The summed E-state index contributed by atoms with van der Waals surface area (Å²) in [7, 11) is 3.30. The van der Waals surface area contributed by atoms with E-state index in [4.69, 9.17) is 23.7 Å². The topological polar surface area (TPSA) is 56.4 Å². The second-order valence-electron chi connectivity index (χ2n) is 6.87. The third kappa shape index (κ3) is 2.97. The van der Waals surface area contributed by atoms with Crippen molar-refractivity contribution in [1.29, 1.82) is 0 Å². The van der Waals surface area contributed by atoms with Crippen molar-refractivity contribution in [3.8, 4) is 17.2 Å². The number of methoxy groups -OCH3 is 2. The smallest absolute Gasteiger partial charge is 0.214 e. The van der Waals surface area contributed by atoms with Gasteiger partial charge in [-0.2, -0.15) is 5.10 Å². The quantitative estimate of drug-likeness (QED) is 0.535. The third-order valence-electron chi connectivity index (χ3n) is 5.27. The minimum Gasteiger partial charge on any atom is -0.496 e. The summed E-state index contributed by atoms with van der Waals surface area (Å²) < 4.78 is 23.9. The Morgan fingerprint density at radius 2 is 1.93 bits per heavy atom. The molecule has 3 aromatic rings. The molecule has 0 aliphatic carbocycles. The summed E-state index contributed by atoms with van der Waals surface area (Å²) in [5.74, 6) is 3.01. The zero-order chi connectivity index (χ0) is 20.0. The Hall–Kier alpha value is -2.93. The van der Waals surface area contributed by atoms with Crippen molar-refractivity contribution in [1.82, 2.24) is 5.01 Å². The Balaban J connectivity index is 1.62. The van der Waals surface area contributed by atoms with Crippen LogP contribution in [-0.4, -0.2) is 24.9 Å². The van der Waals surface area contributed by atoms with Gasteiger partial charge in [0.15, 0.2) is 11.5 Å². The van der Waals surface area contributed by atoms with E-state index in [1.807, 2.05) is 47.5 Å². The zero-order valence-electron chi connectivity index (χ0n) is 16.0. The molecule has 7 heteroatoms. The number of rotatable bonds is 4. The summed E-state index contributed by atoms with van der Waals surface area (Å²) in [5.41, 5.74) is 2.92. The average Bonchev–Trinajstić information content (AvgIpc) is 3.42. The Labute approximate surface area is 176 Å². The standard InChI is InChI=1S/C22H19BrN2O4/c1-26-18-9-8-13(11-15(18)23)22-25-17(12-16(24-25)19-7-4-10-28-19)14-5-3-6-20(27-2)21(14)29-22/h3-11,17,22H,12H2,1-2H3. The first-order valence-electron chi connectivity index (χ1n) is 9.26. The Morgan fingerprint density at radius 1 is 1.07 bits per heavy atom. The molecular weight excluding hydrogens is 436 g/mol. The lowest BCUT2D eigenvalue weighted by Crippen LogP contribution is -2.33. The van der Waals surface area contributed by atoms with E-state index in [1.165, 1.54) is 0 Å². The van der Waals surface area contributed by atoms with Crippen LogP contribution in [-0.2, 0) is 0 Å². The molecule has 5 rings (SSSR count). The maximum absolute atomic E-state index is 6.45. The van der Waals surface area contributed by atoms with Gasteiger partial charge in [-0.1, -0.05) is 12.1 Å². The molecule has 0 saturated heterocycles. The maximum atomic E-state index is 6.45. The summed E-state index contributed by atoms with van der Waals surface area (Å²) in [5, 5.41) is 6.89. The first kappa shape index (κ1) is 18.1. The molecule has 2 atom stereocenters. The van der Waals surface area contributed by atoms with E-state index in [0.29, 0.717) is 5.75 Å². The highest BCUT2D eigenvalue weighted by Crippen LogP contribution is 2.51. The van der Waals surface area contributed by atoms with Crippen LogP contribution >= 0.6 is 15.9 Å². The molecule has 148 valence electrons. The number of hydrogen-bond donors (Lipinski definition) is 0. The van der Waals surface area contributed by atoms with Gasteiger partial charge in [0.2, 0.25) is 6.23 Å². The summed E-state index contributed by atoms with van der Waals surface area (Å²) in [4.78, 5) is 0. The molecule has 1 aromatic heterocycles. The molecule has 2 aliphatic rings. The summed E-state index contributed by atoms with van der Waals surface area (Å²) >= 11 is 3.58. The van der Waals surface area contributed by atoms with Crippen molar-refractivity contribution in [3.63, 3.8) is 0 Å². The molecular formula is C22H19BrN2O4. The number of hydrazone groups is 1. The van der Waals surface area contributed by atoms with Gasteiger partial charge < -0.3 is 18.6 Å². The van der Waals surface area contributed by atoms with Crippen LogP contribution in [0.4, 0.5) is 0 Å². The fraction of sp³-hybridized carbons (Fsp3) is 0.227. The lowest BCUT2D eigenvalue weighted by atomic mass is 9.97. The molecule has 6 nitrogen and oxygen atoms in total. The van der Waals surface area contributed by atoms with Gasteiger partial charge in [0.05, 0.1) is 31.0 Å². The van der Waals surface area contributed by atoms with Crippen molar-refractivity contribution >= 4 is 21.6 Å². The van der Waals surface area contributed by atoms with Crippen LogP contribution in [0.2, 0.25) is 0 Å². The van der Waals surface area contributed by atoms with Crippen molar-refractivity contribution in [3.05, 3.63) is 76.2 Å². The van der Waals surface area contributed by atoms with Crippen molar-refractivity contribution in [2.45, 2.75) is 18.7 Å². The normalized spacial score (nSPS) is 19.8. The second-order valence-corrected chi connectivity index (χ2v) is 7.72. The molecule has 2 aromatic carbocycles. The SMILES string of the molecule is COc1ccc(C2Oc3c(OC)cccc3C3CC(c4ccco4)=NN32)cc1Br. The van der Waals surface area contributed by atoms with Crippen LogP contribution in [0, 0.1) is 0 Å². The molecule has 0 spiro atoms. The molecule has 0 N–H and O–H groups in total. The van der Waals surface area contributed by atoms with Gasteiger partial charge >= 0.3 is 0 Å². The highest BCUT2D eigenvalue weighted by Gasteiger charge is 2.42. The van der Waals surface area contributed by atoms with Crippen LogP contribution in [0.3, 0.4) is 0 Å². The van der Waals surface area contributed by atoms with E-state index in [-0.39, 0.29) is 6.04 Å². The molecule has 2 unspecified atom stereocenters. The Bertz CT molecular complexity index is 1080. The van der Waals surface area contributed by atoms with Gasteiger partial charge in [0.1, 0.15) is 17.2 Å². The average molecular weight is 455 g/mol. The van der Waals surface area contributed by atoms with E-state index in [9.17, 15) is 0 Å². The Kier molecular flexibility index (Phi) is 4.47. The van der Waals surface area contributed by atoms with Gasteiger partial charge in [-0.05, 0) is 52.3 Å².